The molecule has 12 heavy (non-hydrogen) atoms. The minimum absolute atomic E-state index is 0.304. The molecule has 0 radical (unpaired) electrons. The Kier molecular flexibility index (Phi) is 3.01. The van der Waals surface area contributed by atoms with Crippen molar-refractivity contribution in [3.63, 3.8) is 0 Å². The number of aromatic nitrogens is 1. The van der Waals surface area contributed by atoms with Crippen molar-refractivity contribution >= 4 is 12.8 Å². The molecule has 0 aromatic carbocycles. The molecule has 0 N–H and O–H groups in total. The average Bonchev–Trinajstić information content (AvgIpc) is 2.58. The van der Waals surface area contributed by atoms with Gasteiger partial charge in [0.2, 0.25) is 0 Å². The monoisotopic (exact) mass is 169 g/mol. The number of carbonyl (C=O) groups excluding carboxylic acids is 1. The van der Waals surface area contributed by atoms with Crippen LogP contribution in [0.3, 0.4) is 0 Å². The third kappa shape index (κ3) is 1.72. The first-order chi connectivity index (χ1) is 5.79. The van der Waals surface area contributed by atoms with Crippen LogP contribution in [0, 0.1) is 0 Å². The molecule has 0 atom stereocenters. The van der Waals surface area contributed by atoms with E-state index in [1.807, 2.05) is 0 Å². The molecule has 0 spiro atoms. The van der Waals surface area contributed by atoms with Crippen LogP contribution >= 0.6 is 0 Å². The molecule has 0 amide bonds. The van der Waals surface area contributed by atoms with E-state index in [4.69, 9.17) is 9.31 Å². The van der Waals surface area contributed by atoms with Gasteiger partial charge in [-0.15, -0.1) is 0 Å². The molecule has 0 saturated heterocycles. The summed E-state index contributed by atoms with van der Waals surface area (Å²) < 4.78 is 14.0. The van der Waals surface area contributed by atoms with Gasteiger partial charge in [0, 0.05) is 14.2 Å². The maximum absolute atomic E-state index is 11.3. The van der Waals surface area contributed by atoms with Crippen LogP contribution in [0.1, 0.15) is 10.4 Å². The quantitative estimate of drug-likeness (QED) is 0.601. The van der Waals surface area contributed by atoms with Gasteiger partial charge in [-0.3, -0.25) is 4.79 Å². The fraction of sp³-hybridized carbons (Fsp3) is 0.333. The van der Waals surface area contributed by atoms with Crippen molar-refractivity contribution in [2.24, 2.45) is 0 Å². The molecule has 0 unspecified atom stereocenters. The summed E-state index contributed by atoms with van der Waals surface area (Å²) in [5, 5.41) is 3.39. The first-order valence-electron chi connectivity index (χ1n) is 3.28. The second-order valence-corrected chi connectivity index (χ2v) is 2.08. The Hall–Kier alpha value is -1.14. The molecule has 1 rings (SSSR count). The summed E-state index contributed by atoms with van der Waals surface area (Å²) in [7, 11) is 1.89. The van der Waals surface area contributed by atoms with Crippen LogP contribution in [-0.4, -0.2) is 32.2 Å². The van der Waals surface area contributed by atoms with Gasteiger partial charge in [0.15, 0.2) is 5.68 Å². The van der Waals surface area contributed by atoms with E-state index in [-0.39, 0.29) is 5.68 Å². The van der Waals surface area contributed by atoms with E-state index < -0.39 is 7.12 Å². The van der Waals surface area contributed by atoms with Crippen molar-refractivity contribution in [2.45, 2.75) is 0 Å². The molecular weight excluding hydrogens is 161 g/mol. The summed E-state index contributed by atoms with van der Waals surface area (Å²) >= 11 is 0. The molecule has 6 heteroatoms. The average molecular weight is 169 g/mol. The molecule has 1 aromatic rings. The Morgan fingerprint density at radius 1 is 1.58 bits per heavy atom. The molecule has 0 aliphatic rings. The second-order valence-electron chi connectivity index (χ2n) is 2.08. The van der Waals surface area contributed by atoms with Crippen LogP contribution in [0.4, 0.5) is 0 Å². The smallest absolute Gasteiger partial charge is 0.408 e. The Bertz CT molecular complexity index is 244. The molecule has 5 nitrogen and oxygen atoms in total. The Morgan fingerprint density at radius 2 is 2.25 bits per heavy atom. The summed E-state index contributed by atoms with van der Waals surface area (Å²) in [5.74, 6) is 0. The van der Waals surface area contributed by atoms with Gasteiger partial charge in [-0.25, -0.2) is 0 Å². The Morgan fingerprint density at radius 3 is 2.67 bits per heavy atom. The van der Waals surface area contributed by atoms with Gasteiger partial charge in [0.05, 0.1) is 11.8 Å². The van der Waals surface area contributed by atoms with Crippen molar-refractivity contribution < 1.29 is 18.6 Å². The summed E-state index contributed by atoms with van der Waals surface area (Å²) in [6, 6.07) is 0. The molecule has 0 bridgehead atoms. The lowest BCUT2D eigenvalue weighted by Gasteiger charge is -2.03. The lowest BCUT2D eigenvalue weighted by atomic mass is 9.80. The van der Waals surface area contributed by atoms with Crippen molar-refractivity contribution in [3.8, 4) is 0 Å². The van der Waals surface area contributed by atoms with Crippen molar-refractivity contribution in [3.05, 3.63) is 18.0 Å². The topological polar surface area (TPSA) is 61.6 Å². The van der Waals surface area contributed by atoms with E-state index in [0.29, 0.717) is 5.56 Å². The molecule has 0 saturated carbocycles. The number of carbonyl (C=O) groups is 1. The van der Waals surface area contributed by atoms with Crippen LogP contribution in [0.25, 0.3) is 0 Å². The highest BCUT2D eigenvalue weighted by molar-refractivity contribution is 6.83. The van der Waals surface area contributed by atoms with Crippen LogP contribution in [0.2, 0.25) is 0 Å². The van der Waals surface area contributed by atoms with Gasteiger partial charge in [0.1, 0.15) is 6.26 Å². The van der Waals surface area contributed by atoms with Gasteiger partial charge in [0.25, 0.3) is 0 Å². The normalized spacial score (nSPS) is 9.83. The minimum atomic E-state index is -0.885. The predicted molar refractivity (Wildman–Crippen MR) is 40.6 cm³/mol. The summed E-state index contributed by atoms with van der Waals surface area (Å²) in [4.78, 5) is 11.3. The van der Waals surface area contributed by atoms with E-state index in [9.17, 15) is 4.79 Å². The van der Waals surface area contributed by atoms with E-state index >= 15 is 0 Å². The zero-order valence-electron chi connectivity index (χ0n) is 6.81. The number of hydrogen-bond acceptors (Lipinski definition) is 5. The first kappa shape index (κ1) is 8.96. The fourth-order valence-electron chi connectivity index (χ4n) is 0.773. The van der Waals surface area contributed by atoms with Crippen molar-refractivity contribution in [1.29, 1.82) is 0 Å². The third-order valence-electron chi connectivity index (χ3n) is 1.36. The van der Waals surface area contributed by atoms with Gasteiger partial charge in [-0.05, 0) is 0 Å². The molecule has 0 fully saturated rings. The van der Waals surface area contributed by atoms with E-state index in [2.05, 4.69) is 9.68 Å². The number of rotatable bonds is 4. The zero-order chi connectivity index (χ0) is 8.97. The Balaban J connectivity index is 2.70. The second kappa shape index (κ2) is 4.03. The zero-order valence-corrected chi connectivity index (χ0v) is 6.81. The van der Waals surface area contributed by atoms with E-state index in [0.717, 1.165) is 0 Å². The minimum Gasteiger partial charge on any atom is -0.408 e. The Labute approximate surface area is 69.8 Å². The summed E-state index contributed by atoms with van der Waals surface area (Å²) in [5.41, 5.74) is 0.0324. The third-order valence-corrected chi connectivity index (χ3v) is 1.36. The number of nitrogens with zero attached hydrogens (tertiary/aromatic N) is 1. The largest absolute Gasteiger partial charge is 0.537 e. The molecule has 1 aromatic heterocycles. The van der Waals surface area contributed by atoms with E-state index in [1.165, 1.54) is 26.7 Å². The molecule has 0 aliphatic carbocycles. The molecule has 1 heterocycles. The first-order valence-corrected chi connectivity index (χ1v) is 3.28. The van der Waals surface area contributed by atoms with Gasteiger partial charge in [-0.2, -0.15) is 0 Å². The SMILES string of the molecule is COB(OC)C(=O)c1cnoc1. The van der Waals surface area contributed by atoms with Crippen molar-refractivity contribution in [1.82, 2.24) is 5.16 Å². The summed E-state index contributed by atoms with van der Waals surface area (Å²) in [6.07, 6.45) is 2.56. The van der Waals surface area contributed by atoms with Crippen molar-refractivity contribution in [2.75, 3.05) is 14.2 Å². The molecule has 0 aliphatic heterocycles. The highest BCUT2D eigenvalue weighted by Crippen LogP contribution is 2.02. The number of hydrogen-bond donors (Lipinski definition) is 0. The van der Waals surface area contributed by atoms with Crippen LogP contribution in [-0.2, 0) is 9.31 Å². The highest BCUT2D eigenvalue weighted by Gasteiger charge is 2.28. The standard InChI is InChI=1S/C6H8BNO4/c1-10-7(11-2)6(9)5-3-8-12-4-5/h3-4H,1-2H3. The summed E-state index contributed by atoms with van der Waals surface area (Å²) in [6.45, 7) is 0. The van der Waals surface area contributed by atoms with Gasteiger partial charge < -0.3 is 13.8 Å². The molecular formula is C6H8BNO4. The lowest BCUT2D eigenvalue weighted by Crippen LogP contribution is -2.30. The van der Waals surface area contributed by atoms with Gasteiger partial charge >= 0.3 is 7.12 Å². The van der Waals surface area contributed by atoms with Crippen LogP contribution < -0.4 is 0 Å². The highest BCUT2D eigenvalue weighted by atomic mass is 16.6. The molecule has 64 valence electrons. The predicted octanol–water partition coefficient (Wildman–Crippen LogP) is 0.177. The maximum Gasteiger partial charge on any atom is 0.537 e. The van der Waals surface area contributed by atoms with Crippen LogP contribution in [0.15, 0.2) is 17.0 Å². The van der Waals surface area contributed by atoms with Gasteiger partial charge in [-0.1, -0.05) is 5.16 Å². The fourth-order valence-corrected chi connectivity index (χ4v) is 0.773. The van der Waals surface area contributed by atoms with Crippen LogP contribution in [0.5, 0.6) is 0 Å². The lowest BCUT2D eigenvalue weighted by molar-refractivity contribution is 0.101. The van der Waals surface area contributed by atoms with E-state index in [1.54, 1.807) is 0 Å². The maximum atomic E-state index is 11.3.